The summed E-state index contributed by atoms with van der Waals surface area (Å²) < 4.78 is 3.53. The number of imidazole rings is 1. The molecule has 0 aliphatic rings. The highest BCUT2D eigenvalue weighted by Gasteiger charge is 2.07. The van der Waals surface area contributed by atoms with Crippen molar-refractivity contribution in [2.24, 2.45) is 0 Å². The van der Waals surface area contributed by atoms with Crippen LogP contribution in [0.25, 0.3) is 16.6 Å². The Morgan fingerprint density at radius 1 is 1.18 bits per heavy atom. The fraction of sp³-hybridized carbons (Fsp3) is 0.125. The molecule has 0 N–H and O–H groups in total. The van der Waals surface area contributed by atoms with Crippen LogP contribution < -0.4 is 5.56 Å². The summed E-state index contributed by atoms with van der Waals surface area (Å²) in [6.07, 6.45) is 8.68. The van der Waals surface area contributed by atoms with E-state index in [9.17, 15) is 4.79 Å². The van der Waals surface area contributed by atoms with Crippen LogP contribution in [-0.2, 0) is 6.54 Å². The van der Waals surface area contributed by atoms with Gasteiger partial charge >= 0.3 is 0 Å². The summed E-state index contributed by atoms with van der Waals surface area (Å²) in [7, 11) is 0. The van der Waals surface area contributed by atoms with Gasteiger partial charge in [0.15, 0.2) is 0 Å². The Kier molecular flexibility index (Phi) is 2.75. The van der Waals surface area contributed by atoms with E-state index in [1.165, 1.54) is 0 Å². The van der Waals surface area contributed by atoms with E-state index in [4.69, 9.17) is 0 Å². The zero-order chi connectivity index (χ0) is 15.1. The molecule has 4 heterocycles. The molecule has 0 aliphatic heterocycles. The van der Waals surface area contributed by atoms with Crippen molar-refractivity contribution >= 4 is 16.6 Å². The Balaban J connectivity index is 1.78. The lowest BCUT2D eigenvalue weighted by atomic mass is 10.3. The van der Waals surface area contributed by atoms with Crippen molar-refractivity contribution in [3.05, 3.63) is 70.9 Å². The zero-order valence-corrected chi connectivity index (χ0v) is 12.0. The smallest absolute Gasteiger partial charge is 0.261 e. The van der Waals surface area contributed by atoms with Gasteiger partial charge in [0.05, 0.1) is 35.7 Å². The maximum atomic E-state index is 12.5. The number of aryl methyl sites for hydroxylation is 1. The minimum Gasteiger partial charge on any atom is -0.306 e. The molecule has 4 aromatic rings. The molecular weight excluding hydrogens is 278 g/mol. The molecule has 0 amide bonds. The molecule has 0 aliphatic carbocycles. The number of rotatable bonds is 2. The van der Waals surface area contributed by atoms with Crippen molar-refractivity contribution in [2.75, 3.05) is 0 Å². The molecule has 6 nitrogen and oxygen atoms in total. The van der Waals surface area contributed by atoms with Gasteiger partial charge in [-0.1, -0.05) is 6.07 Å². The van der Waals surface area contributed by atoms with Crippen LogP contribution in [-0.4, -0.2) is 23.9 Å². The monoisotopic (exact) mass is 291 g/mol. The van der Waals surface area contributed by atoms with Crippen molar-refractivity contribution in [2.45, 2.75) is 13.5 Å². The summed E-state index contributed by atoms with van der Waals surface area (Å²) in [5.41, 5.74) is 3.37. The highest BCUT2D eigenvalue weighted by Crippen LogP contribution is 2.09. The molecule has 0 saturated heterocycles. The van der Waals surface area contributed by atoms with Crippen molar-refractivity contribution < 1.29 is 0 Å². The lowest BCUT2D eigenvalue weighted by Gasteiger charge is -2.03. The largest absolute Gasteiger partial charge is 0.306 e. The molecule has 4 rings (SSSR count). The van der Waals surface area contributed by atoms with Gasteiger partial charge in [-0.25, -0.2) is 9.97 Å². The standard InChI is InChI=1S/C16H13N5O/c1-11-2-3-15-19-12(8-20(15)7-11)9-21-10-18-14-6-17-5-4-13(14)16(21)22/h2-8,10H,9H2,1H3. The van der Waals surface area contributed by atoms with Gasteiger partial charge in [-0.2, -0.15) is 0 Å². The molecule has 6 heteroatoms. The number of aromatic nitrogens is 5. The summed E-state index contributed by atoms with van der Waals surface area (Å²) in [4.78, 5) is 25.2. The third-order valence-corrected chi connectivity index (χ3v) is 3.61. The Hall–Kier alpha value is -3.02. The van der Waals surface area contributed by atoms with E-state index in [1.807, 2.05) is 35.9 Å². The van der Waals surface area contributed by atoms with E-state index in [0.29, 0.717) is 17.4 Å². The van der Waals surface area contributed by atoms with Crippen molar-refractivity contribution in [3.8, 4) is 0 Å². The summed E-state index contributed by atoms with van der Waals surface area (Å²) in [5.74, 6) is 0. The SMILES string of the molecule is Cc1ccc2nc(Cn3cnc4cnccc4c3=O)cn2c1. The topological polar surface area (TPSA) is 65.1 Å². The Labute approximate surface area is 125 Å². The zero-order valence-electron chi connectivity index (χ0n) is 12.0. The molecule has 0 bridgehead atoms. The van der Waals surface area contributed by atoms with Crippen LogP contribution >= 0.6 is 0 Å². The van der Waals surface area contributed by atoms with Crippen molar-refractivity contribution in [3.63, 3.8) is 0 Å². The minimum atomic E-state index is -0.0827. The average molecular weight is 291 g/mol. The molecule has 0 aromatic carbocycles. The third-order valence-electron chi connectivity index (χ3n) is 3.61. The Bertz CT molecular complexity index is 1050. The number of fused-ring (bicyclic) bond motifs is 2. The number of pyridine rings is 2. The van der Waals surface area contributed by atoms with E-state index in [2.05, 4.69) is 15.0 Å². The van der Waals surface area contributed by atoms with Gasteiger partial charge < -0.3 is 4.40 Å². The highest BCUT2D eigenvalue weighted by atomic mass is 16.1. The predicted molar refractivity (Wildman–Crippen MR) is 82.8 cm³/mol. The van der Waals surface area contributed by atoms with Crippen LogP contribution in [0.5, 0.6) is 0 Å². The van der Waals surface area contributed by atoms with Crippen LogP contribution in [0.15, 0.2) is 54.1 Å². The molecular formula is C16H13N5O. The second-order valence-electron chi connectivity index (χ2n) is 5.27. The molecule has 4 aromatic heterocycles. The normalized spacial score (nSPS) is 11.3. The van der Waals surface area contributed by atoms with Crippen molar-refractivity contribution in [1.29, 1.82) is 0 Å². The van der Waals surface area contributed by atoms with Crippen molar-refractivity contribution in [1.82, 2.24) is 23.9 Å². The number of hydrogen-bond acceptors (Lipinski definition) is 4. The molecule has 0 spiro atoms. The Morgan fingerprint density at radius 2 is 2.09 bits per heavy atom. The van der Waals surface area contributed by atoms with E-state index in [0.717, 1.165) is 16.9 Å². The van der Waals surface area contributed by atoms with Crippen LogP contribution in [0.2, 0.25) is 0 Å². The highest BCUT2D eigenvalue weighted by molar-refractivity contribution is 5.75. The second-order valence-corrected chi connectivity index (χ2v) is 5.27. The first-order valence-electron chi connectivity index (χ1n) is 6.94. The third kappa shape index (κ3) is 2.05. The van der Waals surface area contributed by atoms with Gasteiger partial charge in [0.2, 0.25) is 0 Å². The molecule has 0 radical (unpaired) electrons. The minimum absolute atomic E-state index is 0.0827. The van der Waals surface area contributed by atoms with Crippen LogP contribution in [0.1, 0.15) is 11.3 Å². The van der Waals surface area contributed by atoms with Gasteiger partial charge in [0.1, 0.15) is 5.65 Å². The first-order valence-corrected chi connectivity index (χ1v) is 6.94. The van der Waals surface area contributed by atoms with Crippen LogP contribution in [0.4, 0.5) is 0 Å². The quantitative estimate of drug-likeness (QED) is 0.565. The van der Waals surface area contributed by atoms with E-state index in [1.54, 1.807) is 29.4 Å². The average Bonchev–Trinajstić information content (AvgIpc) is 2.92. The fourth-order valence-electron chi connectivity index (χ4n) is 2.53. The van der Waals surface area contributed by atoms with Gasteiger partial charge in [-0.05, 0) is 24.6 Å². The maximum absolute atomic E-state index is 12.5. The molecule has 0 saturated carbocycles. The number of nitrogens with zero attached hydrogens (tertiary/aromatic N) is 5. The summed E-state index contributed by atoms with van der Waals surface area (Å²) in [6, 6.07) is 5.67. The number of hydrogen-bond donors (Lipinski definition) is 0. The second kappa shape index (κ2) is 4.77. The van der Waals surface area contributed by atoms with Crippen LogP contribution in [0.3, 0.4) is 0 Å². The molecule has 0 atom stereocenters. The first kappa shape index (κ1) is 12.7. The van der Waals surface area contributed by atoms with Gasteiger partial charge in [-0.3, -0.25) is 14.3 Å². The lowest BCUT2D eigenvalue weighted by molar-refractivity contribution is 0.734. The van der Waals surface area contributed by atoms with E-state index < -0.39 is 0 Å². The summed E-state index contributed by atoms with van der Waals surface area (Å²) >= 11 is 0. The van der Waals surface area contributed by atoms with E-state index in [-0.39, 0.29) is 5.56 Å². The molecule has 22 heavy (non-hydrogen) atoms. The van der Waals surface area contributed by atoms with Crippen LogP contribution in [0, 0.1) is 6.92 Å². The summed E-state index contributed by atoms with van der Waals surface area (Å²) in [5, 5.41) is 0.567. The molecule has 0 fully saturated rings. The predicted octanol–water partition coefficient (Wildman–Crippen LogP) is 1.80. The summed E-state index contributed by atoms with van der Waals surface area (Å²) in [6.45, 7) is 2.43. The maximum Gasteiger partial charge on any atom is 0.261 e. The fourth-order valence-corrected chi connectivity index (χ4v) is 2.53. The van der Waals surface area contributed by atoms with Gasteiger partial charge in [-0.15, -0.1) is 0 Å². The Morgan fingerprint density at radius 3 is 3.00 bits per heavy atom. The molecule has 108 valence electrons. The van der Waals surface area contributed by atoms with Gasteiger partial charge in [0.25, 0.3) is 5.56 Å². The van der Waals surface area contributed by atoms with E-state index >= 15 is 0 Å². The van der Waals surface area contributed by atoms with Gasteiger partial charge in [0, 0.05) is 18.6 Å². The first-order chi connectivity index (χ1) is 10.7. The molecule has 0 unspecified atom stereocenters. The lowest BCUT2D eigenvalue weighted by Crippen LogP contribution is -2.21.